The molecule has 1 aromatic carbocycles. The number of anilines is 2. The zero-order valence-corrected chi connectivity index (χ0v) is 13.7. The number of hydrogen-bond donors (Lipinski definition) is 3. The van der Waals surface area contributed by atoms with Crippen LogP contribution in [0.1, 0.15) is 36.5 Å². The number of benzene rings is 1. The van der Waals surface area contributed by atoms with Crippen molar-refractivity contribution in [2.75, 3.05) is 30.4 Å². The Hall–Kier alpha value is -2.08. The summed E-state index contributed by atoms with van der Waals surface area (Å²) in [6.45, 7) is 3.09. The molecule has 0 saturated heterocycles. The first-order valence-corrected chi connectivity index (χ1v) is 8.10. The van der Waals surface area contributed by atoms with Gasteiger partial charge in [-0.15, -0.1) is 0 Å². The Balaban J connectivity index is 1.83. The van der Waals surface area contributed by atoms with E-state index in [9.17, 15) is 9.59 Å². The van der Waals surface area contributed by atoms with Gasteiger partial charge in [-0.2, -0.15) is 0 Å². The number of rotatable bonds is 4. The van der Waals surface area contributed by atoms with Crippen molar-refractivity contribution >= 4 is 23.2 Å². The molecule has 1 fully saturated rings. The van der Waals surface area contributed by atoms with Gasteiger partial charge in [0.25, 0.3) is 5.91 Å². The topological polar surface area (TPSA) is 87.5 Å². The van der Waals surface area contributed by atoms with Gasteiger partial charge in [-0.25, -0.2) is 0 Å². The van der Waals surface area contributed by atoms with Crippen molar-refractivity contribution < 1.29 is 9.59 Å². The predicted molar refractivity (Wildman–Crippen MR) is 90.6 cm³/mol. The molecule has 1 atom stereocenters. The van der Waals surface area contributed by atoms with E-state index < -0.39 is 0 Å². The molecule has 1 saturated carbocycles. The molecule has 6 nitrogen and oxygen atoms in total. The van der Waals surface area contributed by atoms with Crippen LogP contribution in [0.3, 0.4) is 0 Å². The number of nitrogens with two attached hydrogens (primary N) is 1. The SMILES string of the molecule is CN1CCC(=O)Nc2cc(C(=O)NC(C)(CN)C3CC3)ccc21. The average Bonchev–Trinajstić information content (AvgIpc) is 3.37. The highest BCUT2D eigenvalue weighted by atomic mass is 16.2. The molecule has 0 spiro atoms. The number of nitrogens with one attached hydrogen (secondary N) is 2. The summed E-state index contributed by atoms with van der Waals surface area (Å²) in [7, 11) is 1.94. The second-order valence-electron chi connectivity index (χ2n) is 6.80. The van der Waals surface area contributed by atoms with Gasteiger partial charge in [0.1, 0.15) is 0 Å². The smallest absolute Gasteiger partial charge is 0.251 e. The van der Waals surface area contributed by atoms with E-state index >= 15 is 0 Å². The Morgan fingerprint density at radius 2 is 2.22 bits per heavy atom. The molecule has 6 heteroatoms. The van der Waals surface area contributed by atoms with Gasteiger partial charge in [-0.3, -0.25) is 9.59 Å². The van der Waals surface area contributed by atoms with Gasteiger partial charge in [-0.1, -0.05) is 0 Å². The van der Waals surface area contributed by atoms with E-state index in [0.717, 1.165) is 18.5 Å². The zero-order valence-electron chi connectivity index (χ0n) is 13.7. The zero-order chi connectivity index (χ0) is 16.6. The lowest BCUT2D eigenvalue weighted by Crippen LogP contribution is -2.53. The van der Waals surface area contributed by atoms with Crippen LogP contribution < -0.4 is 21.3 Å². The Morgan fingerprint density at radius 3 is 2.87 bits per heavy atom. The molecule has 3 rings (SSSR count). The maximum absolute atomic E-state index is 12.6. The minimum absolute atomic E-state index is 0.0297. The average molecular weight is 316 g/mol. The molecule has 4 N–H and O–H groups in total. The van der Waals surface area contributed by atoms with Crippen molar-refractivity contribution in [1.29, 1.82) is 0 Å². The minimum Gasteiger partial charge on any atom is -0.372 e. The number of nitrogens with zero attached hydrogens (tertiary/aromatic N) is 1. The summed E-state index contributed by atoms with van der Waals surface area (Å²) < 4.78 is 0. The Kier molecular flexibility index (Phi) is 4.02. The Labute approximate surface area is 136 Å². The fraction of sp³-hybridized carbons (Fsp3) is 0.529. The molecular weight excluding hydrogens is 292 g/mol. The number of fused-ring (bicyclic) bond motifs is 1. The third kappa shape index (κ3) is 3.17. The molecule has 0 aromatic heterocycles. The van der Waals surface area contributed by atoms with Crippen LogP contribution in [-0.2, 0) is 4.79 Å². The lowest BCUT2D eigenvalue weighted by atomic mass is 9.95. The highest BCUT2D eigenvalue weighted by Crippen LogP contribution is 2.39. The second-order valence-corrected chi connectivity index (χ2v) is 6.80. The monoisotopic (exact) mass is 316 g/mol. The van der Waals surface area contributed by atoms with Gasteiger partial charge in [0.15, 0.2) is 0 Å². The van der Waals surface area contributed by atoms with E-state index in [0.29, 0.717) is 36.7 Å². The molecule has 1 aromatic rings. The molecule has 1 aliphatic heterocycles. The molecule has 2 amide bonds. The summed E-state index contributed by atoms with van der Waals surface area (Å²) in [5.41, 5.74) is 7.66. The lowest BCUT2D eigenvalue weighted by molar-refractivity contribution is -0.115. The normalized spacial score (nSPS) is 20.1. The molecule has 0 radical (unpaired) electrons. The van der Waals surface area contributed by atoms with E-state index in [4.69, 9.17) is 5.73 Å². The molecule has 23 heavy (non-hydrogen) atoms. The first-order valence-electron chi connectivity index (χ1n) is 8.10. The molecule has 0 bridgehead atoms. The van der Waals surface area contributed by atoms with Crippen molar-refractivity contribution in [1.82, 2.24) is 5.32 Å². The highest BCUT2D eigenvalue weighted by molar-refractivity contribution is 6.01. The van der Waals surface area contributed by atoms with Gasteiger partial charge >= 0.3 is 0 Å². The molecule has 124 valence electrons. The fourth-order valence-electron chi connectivity index (χ4n) is 3.08. The van der Waals surface area contributed by atoms with Crippen LogP contribution in [0.5, 0.6) is 0 Å². The number of hydrogen-bond acceptors (Lipinski definition) is 4. The largest absolute Gasteiger partial charge is 0.372 e. The summed E-state index contributed by atoms with van der Waals surface area (Å²) in [4.78, 5) is 26.4. The van der Waals surface area contributed by atoms with E-state index in [2.05, 4.69) is 10.6 Å². The third-order valence-corrected chi connectivity index (χ3v) is 4.92. The second kappa shape index (κ2) is 5.85. The summed E-state index contributed by atoms with van der Waals surface area (Å²) in [6, 6.07) is 5.42. The van der Waals surface area contributed by atoms with E-state index in [1.807, 2.05) is 24.9 Å². The first-order chi connectivity index (χ1) is 10.9. The molecular formula is C17H24N4O2. The lowest BCUT2D eigenvalue weighted by Gasteiger charge is -2.29. The fourth-order valence-corrected chi connectivity index (χ4v) is 3.08. The molecule has 1 unspecified atom stereocenters. The number of amides is 2. The van der Waals surface area contributed by atoms with Crippen molar-refractivity contribution in [3.63, 3.8) is 0 Å². The van der Waals surface area contributed by atoms with Crippen molar-refractivity contribution in [2.45, 2.75) is 31.7 Å². The van der Waals surface area contributed by atoms with Crippen molar-refractivity contribution in [2.24, 2.45) is 11.7 Å². The van der Waals surface area contributed by atoms with E-state index in [1.54, 1.807) is 12.1 Å². The van der Waals surface area contributed by atoms with Crippen LogP contribution >= 0.6 is 0 Å². The van der Waals surface area contributed by atoms with Crippen LogP contribution in [0.15, 0.2) is 18.2 Å². The van der Waals surface area contributed by atoms with Crippen molar-refractivity contribution in [3.8, 4) is 0 Å². The summed E-state index contributed by atoms with van der Waals surface area (Å²) in [5, 5.41) is 5.95. The van der Waals surface area contributed by atoms with Crippen LogP contribution in [0, 0.1) is 5.92 Å². The van der Waals surface area contributed by atoms with Gasteiger partial charge in [0, 0.05) is 32.1 Å². The highest BCUT2D eigenvalue weighted by Gasteiger charge is 2.41. The predicted octanol–water partition coefficient (Wildman–Crippen LogP) is 1.32. The Morgan fingerprint density at radius 1 is 1.48 bits per heavy atom. The standard InChI is InChI=1S/C17H24N4O2/c1-17(10-18,12-4-5-12)20-16(23)11-3-6-14-13(9-11)19-15(22)7-8-21(14)2/h3,6,9,12H,4-5,7-8,10,18H2,1-2H3,(H,19,22)(H,20,23). The summed E-state index contributed by atoms with van der Waals surface area (Å²) in [5.74, 6) is 0.287. The van der Waals surface area contributed by atoms with E-state index in [-0.39, 0.29) is 17.4 Å². The van der Waals surface area contributed by atoms with E-state index in [1.165, 1.54) is 0 Å². The minimum atomic E-state index is -0.357. The Bertz CT molecular complexity index is 641. The third-order valence-electron chi connectivity index (χ3n) is 4.92. The van der Waals surface area contributed by atoms with Gasteiger partial charge in [0.2, 0.25) is 5.91 Å². The summed E-state index contributed by atoms with van der Waals surface area (Å²) in [6.07, 6.45) is 2.66. The van der Waals surface area contributed by atoms with Gasteiger partial charge in [0.05, 0.1) is 16.9 Å². The quantitative estimate of drug-likeness (QED) is 0.782. The summed E-state index contributed by atoms with van der Waals surface area (Å²) >= 11 is 0. The molecule has 1 heterocycles. The number of carbonyl (C=O) groups is 2. The maximum atomic E-state index is 12.6. The van der Waals surface area contributed by atoms with Crippen molar-refractivity contribution in [3.05, 3.63) is 23.8 Å². The molecule has 1 aliphatic carbocycles. The van der Waals surface area contributed by atoms with Crippen LogP contribution in [-0.4, -0.2) is 37.5 Å². The maximum Gasteiger partial charge on any atom is 0.251 e. The number of carbonyl (C=O) groups excluding carboxylic acids is 2. The van der Waals surface area contributed by atoms with Crippen LogP contribution in [0.25, 0.3) is 0 Å². The van der Waals surface area contributed by atoms with Gasteiger partial charge < -0.3 is 21.3 Å². The van der Waals surface area contributed by atoms with Gasteiger partial charge in [-0.05, 0) is 43.9 Å². The first kappa shape index (κ1) is 15.8. The van der Waals surface area contributed by atoms with Crippen LogP contribution in [0.4, 0.5) is 11.4 Å². The molecule has 2 aliphatic rings. The van der Waals surface area contributed by atoms with Crippen LogP contribution in [0.2, 0.25) is 0 Å².